The van der Waals surface area contributed by atoms with Gasteiger partial charge in [0.25, 0.3) is 0 Å². The summed E-state index contributed by atoms with van der Waals surface area (Å²) in [6, 6.07) is 12.5. The van der Waals surface area contributed by atoms with Crippen molar-refractivity contribution in [2.24, 2.45) is 11.5 Å². The van der Waals surface area contributed by atoms with E-state index in [0.29, 0.717) is 12.8 Å². The molecule has 2 aromatic rings. The van der Waals surface area contributed by atoms with Gasteiger partial charge in [0.05, 0.1) is 13.2 Å². The van der Waals surface area contributed by atoms with Crippen LogP contribution in [0.3, 0.4) is 0 Å². The highest BCUT2D eigenvalue weighted by atomic mass is 16.5. The highest BCUT2D eigenvalue weighted by molar-refractivity contribution is 5.81. The number of aliphatic carboxylic acids is 1. The number of methoxy groups -OCH3 is 1. The van der Waals surface area contributed by atoms with Crippen molar-refractivity contribution in [3.05, 3.63) is 59.7 Å². The van der Waals surface area contributed by atoms with E-state index in [1.54, 1.807) is 43.5 Å². The van der Waals surface area contributed by atoms with Gasteiger partial charge >= 0.3 is 5.97 Å². The zero-order valence-corrected chi connectivity index (χ0v) is 15.4. The van der Waals surface area contributed by atoms with Crippen molar-refractivity contribution in [2.45, 2.75) is 31.8 Å². The van der Waals surface area contributed by atoms with E-state index in [-0.39, 0.29) is 11.5 Å². The number of phenols is 1. The van der Waals surface area contributed by atoms with Crippen LogP contribution in [-0.4, -0.2) is 41.2 Å². The topological polar surface area (TPSA) is 136 Å². The Morgan fingerprint density at radius 2 is 1.52 bits per heavy atom. The Kier molecular flexibility index (Phi) is 8.28. The minimum absolute atomic E-state index is 0.0620. The molecule has 0 aliphatic rings. The number of phenolic OH excluding ortho intramolecular Hbond substituents is 1. The van der Waals surface area contributed by atoms with Crippen molar-refractivity contribution in [3.8, 4) is 11.5 Å². The molecule has 0 aromatic heterocycles. The summed E-state index contributed by atoms with van der Waals surface area (Å²) in [5, 5.41) is 17.6. The molecular formula is C20H26N2O5. The van der Waals surface area contributed by atoms with Gasteiger partial charge in [0.15, 0.2) is 0 Å². The van der Waals surface area contributed by atoms with Gasteiger partial charge in [-0.3, -0.25) is 9.59 Å². The summed E-state index contributed by atoms with van der Waals surface area (Å²) in [6.45, 7) is 1.45. The molecule has 7 heteroatoms. The van der Waals surface area contributed by atoms with Gasteiger partial charge in [0, 0.05) is 0 Å². The molecule has 0 saturated carbocycles. The number of carbonyl (C=O) groups excluding carboxylic acids is 1. The van der Waals surface area contributed by atoms with Crippen LogP contribution < -0.4 is 16.2 Å². The number of carboxylic acids is 1. The molecule has 2 atom stereocenters. The maximum Gasteiger partial charge on any atom is 0.320 e. The summed E-state index contributed by atoms with van der Waals surface area (Å²) in [6.07, 6.45) is 0.804. The second-order valence-electron chi connectivity index (χ2n) is 6.03. The van der Waals surface area contributed by atoms with Crippen LogP contribution in [0.1, 0.15) is 18.1 Å². The Morgan fingerprint density at radius 3 is 1.93 bits per heavy atom. The highest BCUT2D eigenvalue weighted by Gasteiger charge is 2.11. The predicted molar refractivity (Wildman–Crippen MR) is 103 cm³/mol. The van der Waals surface area contributed by atoms with Crippen LogP contribution in [0, 0.1) is 0 Å². The van der Waals surface area contributed by atoms with Crippen LogP contribution in [0.15, 0.2) is 48.5 Å². The summed E-state index contributed by atoms with van der Waals surface area (Å²) in [7, 11) is 1.58. The fraction of sp³-hybridized carbons (Fsp3) is 0.300. The number of ether oxygens (including phenoxy) is 1. The highest BCUT2D eigenvalue weighted by Crippen LogP contribution is 2.12. The second-order valence-corrected chi connectivity index (χ2v) is 6.03. The molecule has 2 rings (SSSR count). The lowest BCUT2D eigenvalue weighted by molar-refractivity contribution is -0.138. The van der Waals surface area contributed by atoms with Gasteiger partial charge in [-0.1, -0.05) is 24.3 Å². The Labute approximate surface area is 160 Å². The average molecular weight is 375 g/mol. The number of carboxylic acid groups (broad SMARTS) is 1. The third kappa shape index (κ3) is 8.35. The third-order valence-electron chi connectivity index (χ3n) is 3.80. The van der Waals surface area contributed by atoms with Gasteiger partial charge in [-0.05, 0) is 55.2 Å². The third-order valence-corrected chi connectivity index (χ3v) is 3.80. The lowest BCUT2D eigenvalue weighted by Gasteiger charge is -2.07. The van der Waals surface area contributed by atoms with Crippen LogP contribution >= 0.6 is 0 Å². The Morgan fingerprint density at radius 1 is 1.04 bits per heavy atom. The standard InChI is InChI=1S/C10H13NO3.C10H13NO2/c1-14-8-4-2-7(3-5-8)6-9(11)10(12)13;1-7(12)10(11)6-8-2-4-9(13)5-3-8/h2-5,9H,6,11H2,1H3,(H,12,13);2-5,10,13H,6,11H2,1H3/t9-;10-/m10/s1/i/hD. The van der Waals surface area contributed by atoms with Crippen molar-refractivity contribution < 1.29 is 26.0 Å². The molecule has 6 N–H and O–H groups in total. The van der Waals surface area contributed by atoms with Crippen molar-refractivity contribution in [1.29, 1.82) is 0 Å². The number of hydrogen-bond acceptors (Lipinski definition) is 6. The first-order valence-electron chi connectivity index (χ1n) is 8.83. The largest absolute Gasteiger partial charge is 0.508 e. The molecule has 0 aliphatic heterocycles. The monoisotopic (exact) mass is 375 g/mol. The van der Waals surface area contributed by atoms with Gasteiger partial charge in [-0.2, -0.15) is 0 Å². The van der Waals surface area contributed by atoms with E-state index < -0.39 is 18.1 Å². The lowest BCUT2D eigenvalue weighted by atomic mass is 10.0. The number of carbonyl (C=O) groups is 2. The molecule has 0 amide bonds. The number of nitrogens with two attached hydrogens (primary N) is 2. The first kappa shape index (κ1) is 20.4. The zero-order valence-electron chi connectivity index (χ0n) is 16.4. The first-order chi connectivity index (χ1) is 13.3. The minimum atomic E-state index is -0.985. The number of benzene rings is 2. The van der Waals surface area contributed by atoms with E-state index in [1.165, 1.54) is 6.92 Å². The number of ketones is 1. The summed E-state index contributed by atoms with van der Waals surface area (Å²) in [5.74, 6) is -0.0986. The van der Waals surface area contributed by atoms with Gasteiger partial charge in [0.2, 0.25) is 0 Å². The van der Waals surface area contributed by atoms with E-state index in [9.17, 15) is 9.59 Å². The molecule has 27 heavy (non-hydrogen) atoms. The smallest absolute Gasteiger partial charge is 0.320 e. The molecule has 0 radical (unpaired) electrons. The fourth-order valence-corrected chi connectivity index (χ4v) is 2.11. The molecule has 7 nitrogen and oxygen atoms in total. The number of hydrogen-bond donors (Lipinski definition) is 4. The van der Waals surface area contributed by atoms with E-state index in [2.05, 4.69) is 5.73 Å². The van der Waals surface area contributed by atoms with Crippen LogP contribution in [-0.2, 0) is 22.4 Å². The van der Waals surface area contributed by atoms with Crippen molar-refractivity contribution in [3.63, 3.8) is 0 Å². The normalized spacial score (nSPS) is 12.8. The predicted octanol–water partition coefficient (Wildman–Crippen LogP) is 1.50. The van der Waals surface area contributed by atoms with Crippen molar-refractivity contribution >= 4 is 11.8 Å². The molecule has 2 aromatic carbocycles. The van der Waals surface area contributed by atoms with Gasteiger partial charge in [0.1, 0.15) is 24.7 Å². The number of aromatic hydroxyl groups is 1. The Hall–Kier alpha value is -2.90. The fourth-order valence-electron chi connectivity index (χ4n) is 2.11. The zero-order chi connectivity index (χ0) is 21.1. The molecule has 0 fully saturated rings. The molecule has 0 heterocycles. The van der Waals surface area contributed by atoms with Crippen molar-refractivity contribution in [1.82, 2.24) is 0 Å². The Balaban J connectivity index is 0.000000280. The van der Waals surface area contributed by atoms with Gasteiger partial charge < -0.3 is 26.4 Å². The van der Waals surface area contributed by atoms with Crippen molar-refractivity contribution in [2.75, 3.05) is 7.11 Å². The molecular weight excluding hydrogens is 348 g/mol. The summed E-state index contributed by atoms with van der Waals surface area (Å²) in [5.41, 5.74) is 9.40. The maximum absolute atomic E-state index is 11.0. The molecule has 0 bridgehead atoms. The molecule has 0 saturated heterocycles. The van der Waals surface area contributed by atoms with Crippen LogP contribution in [0.25, 0.3) is 0 Å². The maximum atomic E-state index is 11.0. The minimum Gasteiger partial charge on any atom is -0.508 e. The van der Waals surface area contributed by atoms with Crippen LogP contribution in [0.4, 0.5) is 0 Å². The SMILES string of the molecule is COc1ccc(C[C@@H](N)C(=O)O)cc1.[2H]N[C@@H](Cc1ccc(O)cc1)C(C)=O. The van der Waals surface area contributed by atoms with E-state index in [0.717, 1.165) is 16.9 Å². The second kappa shape index (κ2) is 10.9. The van der Waals surface area contributed by atoms with E-state index in [1.807, 2.05) is 12.1 Å². The van der Waals surface area contributed by atoms with Crippen LogP contribution in [0.2, 0.25) is 1.41 Å². The molecule has 146 valence electrons. The summed E-state index contributed by atoms with van der Waals surface area (Å²) >= 11 is 0. The van der Waals surface area contributed by atoms with Crippen LogP contribution in [0.5, 0.6) is 11.5 Å². The summed E-state index contributed by atoms with van der Waals surface area (Å²) in [4.78, 5) is 21.5. The average Bonchev–Trinajstić information content (AvgIpc) is 2.68. The van der Waals surface area contributed by atoms with Gasteiger partial charge in [-0.25, -0.2) is 0 Å². The molecule has 0 aliphatic carbocycles. The quantitative estimate of drug-likeness (QED) is 0.549. The molecule has 0 spiro atoms. The summed E-state index contributed by atoms with van der Waals surface area (Å²) < 4.78 is 11.9. The van der Waals surface area contributed by atoms with E-state index >= 15 is 0 Å². The number of Topliss-reactive ketones (excluding diaryl/α,β-unsaturated/α-hetero) is 1. The van der Waals surface area contributed by atoms with E-state index in [4.69, 9.17) is 22.1 Å². The lowest BCUT2D eigenvalue weighted by Crippen LogP contribution is -2.32. The first-order valence-corrected chi connectivity index (χ1v) is 8.33. The number of rotatable bonds is 8. The van der Waals surface area contributed by atoms with Gasteiger partial charge in [-0.15, -0.1) is 0 Å². The Bertz CT molecular complexity index is 750. The molecule has 0 unspecified atom stereocenters.